The minimum Gasteiger partial charge on any atom is -0.464 e. The Kier molecular flexibility index (Phi) is 3.18. The molecule has 0 spiro atoms. The Morgan fingerprint density at radius 2 is 2.00 bits per heavy atom. The SMILES string of the molecule is COC(=O)c1cc(C)c2cccc(C(F)(F)F)c2n1. The van der Waals surface area contributed by atoms with E-state index in [0.29, 0.717) is 10.9 Å². The lowest BCUT2D eigenvalue weighted by atomic mass is 10.0. The van der Waals surface area contributed by atoms with Crippen molar-refractivity contribution in [3.8, 4) is 0 Å². The van der Waals surface area contributed by atoms with Crippen LogP contribution in [0.2, 0.25) is 0 Å². The zero-order chi connectivity index (χ0) is 14.2. The predicted octanol–water partition coefficient (Wildman–Crippen LogP) is 3.35. The second kappa shape index (κ2) is 4.53. The number of rotatable bonds is 1. The van der Waals surface area contributed by atoms with Gasteiger partial charge in [-0.05, 0) is 24.6 Å². The Hall–Kier alpha value is -2.11. The first kappa shape index (κ1) is 13.3. The number of hydrogen-bond acceptors (Lipinski definition) is 3. The highest BCUT2D eigenvalue weighted by Crippen LogP contribution is 2.34. The number of aryl methyl sites for hydroxylation is 1. The van der Waals surface area contributed by atoms with Gasteiger partial charge in [0.05, 0.1) is 18.2 Å². The molecule has 6 heteroatoms. The highest BCUT2D eigenvalue weighted by Gasteiger charge is 2.33. The summed E-state index contributed by atoms with van der Waals surface area (Å²) >= 11 is 0. The van der Waals surface area contributed by atoms with Gasteiger partial charge in [-0.3, -0.25) is 0 Å². The summed E-state index contributed by atoms with van der Waals surface area (Å²) < 4.78 is 43.2. The van der Waals surface area contributed by atoms with Crippen LogP contribution < -0.4 is 0 Å². The van der Waals surface area contributed by atoms with Crippen LogP contribution in [0.3, 0.4) is 0 Å². The molecule has 0 amide bonds. The summed E-state index contributed by atoms with van der Waals surface area (Å²) in [5, 5.41) is 0.363. The van der Waals surface area contributed by atoms with Crippen LogP contribution in [-0.4, -0.2) is 18.1 Å². The molecule has 0 unspecified atom stereocenters. The number of ether oxygens (including phenoxy) is 1. The van der Waals surface area contributed by atoms with Crippen LogP contribution >= 0.6 is 0 Å². The molecule has 0 N–H and O–H groups in total. The van der Waals surface area contributed by atoms with Gasteiger partial charge >= 0.3 is 12.1 Å². The van der Waals surface area contributed by atoms with Crippen molar-refractivity contribution < 1.29 is 22.7 Å². The summed E-state index contributed by atoms with van der Waals surface area (Å²) in [4.78, 5) is 15.2. The number of hydrogen-bond donors (Lipinski definition) is 0. The molecule has 0 fully saturated rings. The molecule has 0 radical (unpaired) electrons. The Balaban J connectivity index is 2.80. The number of para-hydroxylation sites is 1. The Labute approximate surface area is 107 Å². The number of halogens is 3. The van der Waals surface area contributed by atoms with E-state index in [-0.39, 0.29) is 11.2 Å². The van der Waals surface area contributed by atoms with Gasteiger partial charge in [0.15, 0.2) is 0 Å². The fourth-order valence-electron chi connectivity index (χ4n) is 1.86. The summed E-state index contributed by atoms with van der Waals surface area (Å²) in [5.41, 5.74) is -0.699. The maximum atomic E-state index is 12.9. The molecule has 0 aliphatic carbocycles. The molecule has 0 bridgehead atoms. The number of pyridine rings is 1. The molecular formula is C13H10F3NO2. The Morgan fingerprint density at radius 3 is 2.58 bits per heavy atom. The first-order chi connectivity index (χ1) is 8.84. The van der Waals surface area contributed by atoms with Crippen LogP contribution in [0.15, 0.2) is 24.3 Å². The summed E-state index contributed by atoms with van der Waals surface area (Å²) in [6.45, 7) is 1.62. The number of carbonyl (C=O) groups is 1. The highest BCUT2D eigenvalue weighted by atomic mass is 19.4. The lowest BCUT2D eigenvalue weighted by Crippen LogP contribution is -2.10. The lowest BCUT2D eigenvalue weighted by Gasteiger charge is -2.11. The molecule has 100 valence electrons. The summed E-state index contributed by atoms with van der Waals surface area (Å²) in [6, 6.07) is 5.20. The third-order valence-corrected chi connectivity index (χ3v) is 2.75. The van der Waals surface area contributed by atoms with Crippen LogP contribution in [-0.2, 0) is 10.9 Å². The van der Waals surface area contributed by atoms with E-state index >= 15 is 0 Å². The number of benzene rings is 1. The van der Waals surface area contributed by atoms with Crippen molar-refractivity contribution in [1.29, 1.82) is 0 Å². The number of nitrogens with zero attached hydrogens (tertiary/aromatic N) is 1. The molecule has 0 aliphatic rings. The minimum absolute atomic E-state index is 0.135. The van der Waals surface area contributed by atoms with Crippen LogP contribution in [0.1, 0.15) is 21.6 Å². The third kappa shape index (κ3) is 2.38. The zero-order valence-electron chi connectivity index (χ0n) is 10.2. The molecule has 1 aromatic heterocycles. The Morgan fingerprint density at radius 1 is 1.32 bits per heavy atom. The van der Waals surface area contributed by atoms with E-state index in [4.69, 9.17) is 0 Å². The van der Waals surface area contributed by atoms with Crippen LogP contribution in [0.4, 0.5) is 13.2 Å². The van der Waals surface area contributed by atoms with Gasteiger partial charge < -0.3 is 4.74 Å². The molecule has 3 nitrogen and oxygen atoms in total. The average molecular weight is 269 g/mol. The molecular weight excluding hydrogens is 259 g/mol. The predicted molar refractivity (Wildman–Crippen MR) is 62.8 cm³/mol. The molecule has 1 aromatic carbocycles. The van der Waals surface area contributed by atoms with Crippen molar-refractivity contribution in [1.82, 2.24) is 4.98 Å². The van der Waals surface area contributed by atoms with E-state index in [1.165, 1.54) is 18.2 Å². The van der Waals surface area contributed by atoms with Gasteiger partial charge in [-0.25, -0.2) is 9.78 Å². The van der Waals surface area contributed by atoms with Crippen LogP contribution in [0, 0.1) is 6.92 Å². The van der Waals surface area contributed by atoms with Gasteiger partial charge in [0, 0.05) is 5.39 Å². The van der Waals surface area contributed by atoms with Crippen molar-refractivity contribution in [3.63, 3.8) is 0 Å². The summed E-state index contributed by atoms with van der Waals surface area (Å²) in [7, 11) is 1.15. The van der Waals surface area contributed by atoms with E-state index in [9.17, 15) is 18.0 Å². The number of carbonyl (C=O) groups excluding carboxylic acids is 1. The summed E-state index contributed by atoms with van der Waals surface area (Å²) in [6.07, 6.45) is -4.52. The number of aromatic nitrogens is 1. The molecule has 0 atom stereocenters. The zero-order valence-corrected chi connectivity index (χ0v) is 10.2. The topological polar surface area (TPSA) is 39.2 Å². The quantitative estimate of drug-likeness (QED) is 0.745. The second-order valence-corrected chi connectivity index (χ2v) is 4.02. The maximum Gasteiger partial charge on any atom is 0.418 e. The van der Waals surface area contributed by atoms with E-state index in [0.717, 1.165) is 13.2 Å². The van der Waals surface area contributed by atoms with Gasteiger partial charge in [-0.1, -0.05) is 12.1 Å². The van der Waals surface area contributed by atoms with E-state index in [1.54, 1.807) is 6.92 Å². The van der Waals surface area contributed by atoms with Gasteiger partial charge in [0.2, 0.25) is 0 Å². The van der Waals surface area contributed by atoms with Gasteiger partial charge in [-0.2, -0.15) is 13.2 Å². The maximum absolute atomic E-state index is 12.9. The number of alkyl halides is 3. The largest absolute Gasteiger partial charge is 0.464 e. The standard InChI is InChI=1S/C13H10F3NO2/c1-7-6-10(12(18)19-2)17-11-8(7)4-3-5-9(11)13(14,15)16/h3-6H,1-2H3. The van der Waals surface area contributed by atoms with Crippen molar-refractivity contribution in [2.45, 2.75) is 13.1 Å². The normalized spacial score (nSPS) is 11.6. The molecule has 0 aliphatic heterocycles. The minimum atomic E-state index is -4.52. The van der Waals surface area contributed by atoms with Crippen molar-refractivity contribution in [2.24, 2.45) is 0 Å². The number of fused-ring (bicyclic) bond motifs is 1. The molecule has 2 rings (SSSR count). The first-order valence-corrected chi connectivity index (χ1v) is 5.40. The fraction of sp³-hybridized carbons (Fsp3) is 0.231. The molecule has 2 aromatic rings. The monoisotopic (exact) mass is 269 g/mol. The average Bonchev–Trinajstić information content (AvgIpc) is 2.35. The fourth-order valence-corrected chi connectivity index (χ4v) is 1.86. The van der Waals surface area contributed by atoms with Gasteiger partial charge in [-0.15, -0.1) is 0 Å². The third-order valence-electron chi connectivity index (χ3n) is 2.75. The van der Waals surface area contributed by atoms with Gasteiger partial charge in [0.1, 0.15) is 5.69 Å². The van der Waals surface area contributed by atoms with Crippen LogP contribution in [0.5, 0.6) is 0 Å². The van der Waals surface area contributed by atoms with E-state index in [2.05, 4.69) is 9.72 Å². The number of esters is 1. The van der Waals surface area contributed by atoms with Crippen molar-refractivity contribution in [2.75, 3.05) is 7.11 Å². The van der Waals surface area contributed by atoms with E-state index < -0.39 is 17.7 Å². The van der Waals surface area contributed by atoms with Crippen molar-refractivity contribution in [3.05, 3.63) is 41.1 Å². The molecule has 1 heterocycles. The smallest absolute Gasteiger partial charge is 0.418 e. The lowest BCUT2D eigenvalue weighted by molar-refractivity contribution is -0.136. The van der Waals surface area contributed by atoms with Crippen LogP contribution in [0.25, 0.3) is 10.9 Å². The second-order valence-electron chi connectivity index (χ2n) is 4.02. The van der Waals surface area contributed by atoms with Crippen molar-refractivity contribution >= 4 is 16.9 Å². The first-order valence-electron chi connectivity index (χ1n) is 5.40. The Bertz CT molecular complexity index is 650. The molecule has 19 heavy (non-hydrogen) atoms. The molecule has 0 saturated heterocycles. The summed E-state index contributed by atoms with van der Waals surface area (Å²) in [5.74, 6) is -0.762. The van der Waals surface area contributed by atoms with E-state index in [1.807, 2.05) is 0 Å². The highest BCUT2D eigenvalue weighted by molar-refractivity contribution is 5.93. The molecule has 0 saturated carbocycles. The van der Waals surface area contributed by atoms with Gasteiger partial charge in [0.25, 0.3) is 0 Å². The number of methoxy groups -OCH3 is 1.